The van der Waals surface area contributed by atoms with E-state index >= 15 is 0 Å². The Kier molecular flexibility index (Phi) is 14.9. The first-order valence-corrected chi connectivity index (χ1v) is 19.3. The number of carbonyl (C=O) groups excluding carboxylic acids is 7. The maximum absolute atomic E-state index is 13.4. The number of hydrogen-bond donors (Lipinski definition) is 6. The number of thiazole rings is 1. The van der Waals surface area contributed by atoms with Crippen LogP contribution in [0.25, 0.3) is 0 Å². The number of ether oxygens (including phenoxy) is 2. The molecule has 0 aliphatic carbocycles. The predicted octanol–water partition coefficient (Wildman–Crippen LogP) is 0.580. The molecule has 5 rings (SSSR count). The van der Waals surface area contributed by atoms with Crippen molar-refractivity contribution in [3.63, 3.8) is 0 Å². The number of esters is 2. The lowest BCUT2D eigenvalue weighted by molar-refractivity contribution is -0.150. The van der Waals surface area contributed by atoms with Crippen LogP contribution in [0.3, 0.4) is 0 Å². The van der Waals surface area contributed by atoms with Gasteiger partial charge in [-0.25, -0.2) is 20.0 Å². The monoisotopic (exact) mass is 884 g/mol. The van der Waals surface area contributed by atoms with Gasteiger partial charge in [-0.15, -0.1) is 45.7 Å². The Morgan fingerprint density at radius 3 is 2.42 bits per heavy atom. The van der Waals surface area contributed by atoms with Crippen molar-refractivity contribution in [2.24, 2.45) is 5.16 Å². The highest BCUT2D eigenvalue weighted by Crippen LogP contribution is 2.42. The number of rotatable bonds is 13. The molecule has 2 aliphatic rings. The van der Waals surface area contributed by atoms with Gasteiger partial charge in [0.2, 0.25) is 0 Å². The number of imide groups is 1. The Balaban J connectivity index is 0.00000720. The maximum atomic E-state index is 13.4. The molecule has 0 bridgehead atoms. The Bertz CT molecular complexity index is 2200. The minimum Gasteiger partial charge on any atom is -0.477 e. The Morgan fingerprint density at radius 1 is 1.07 bits per heavy atom. The molecule has 0 radical (unpaired) electrons. The molecule has 2 aliphatic heterocycles. The van der Waals surface area contributed by atoms with Crippen LogP contribution in [-0.2, 0) is 33.6 Å². The summed E-state index contributed by atoms with van der Waals surface area (Å²) in [6.45, 7) is 3.12. The number of nitrogen functional groups attached to an aromatic ring is 1. The first kappa shape index (κ1) is 43.9. The number of hydrazine groups is 1. The van der Waals surface area contributed by atoms with Gasteiger partial charge in [0.1, 0.15) is 27.8 Å². The molecule has 27 heteroatoms. The van der Waals surface area contributed by atoms with Gasteiger partial charge < -0.3 is 30.5 Å². The van der Waals surface area contributed by atoms with Crippen molar-refractivity contribution in [1.29, 1.82) is 0 Å². The minimum absolute atomic E-state index is 0. The van der Waals surface area contributed by atoms with Gasteiger partial charge in [0.05, 0.1) is 0 Å². The van der Waals surface area contributed by atoms with Gasteiger partial charge in [0.25, 0.3) is 23.6 Å². The lowest BCUT2D eigenvalue weighted by atomic mass is 10.0. The van der Waals surface area contributed by atoms with Crippen molar-refractivity contribution in [3.8, 4) is 11.5 Å². The number of aromatic nitrogens is 3. The molecular formula is C30H29ClN10O12S4. The Labute approximate surface area is 343 Å². The summed E-state index contributed by atoms with van der Waals surface area (Å²) in [5, 5.41) is 27.5. The topological polar surface area (TPSA) is 313 Å². The largest absolute Gasteiger partial charge is 0.477 e. The number of fused-ring (bicyclic) bond motifs is 1. The fourth-order valence-corrected chi connectivity index (χ4v) is 8.59. The molecule has 4 heterocycles. The third kappa shape index (κ3) is 11.2. The lowest BCUT2D eigenvalue weighted by Gasteiger charge is -2.49. The number of aliphatic carboxylic acids is 1. The van der Waals surface area contributed by atoms with Crippen LogP contribution in [0.5, 0.6) is 11.5 Å². The zero-order valence-electron chi connectivity index (χ0n) is 29.4. The number of carboxylic acids is 1. The average Bonchev–Trinajstić information content (AvgIpc) is 3.77. The second-order valence-corrected chi connectivity index (χ2v) is 15.5. The van der Waals surface area contributed by atoms with Gasteiger partial charge >= 0.3 is 23.9 Å². The Hall–Kier alpha value is -5.83. The lowest BCUT2D eigenvalue weighted by Crippen LogP contribution is -2.71. The van der Waals surface area contributed by atoms with Crippen LogP contribution in [0.1, 0.15) is 34.9 Å². The molecule has 6 amide bonds. The van der Waals surface area contributed by atoms with Gasteiger partial charge in [-0.1, -0.05) is 28.3 Å². The van der Waals surface area contributed by atoms with Crippen molar-refractivity contribution in [2.45, 2.75) is 36.5 Å². The number of aryl methyl sites for hydroxylation is 1. The number of nitrogens with zero attached hydrogens (tertiary/aromatic N) is 5. The van der Waals surface area contributed by atoms with E-state index in [1.165, 1.54) is 52.4 Å². The van der Waals surface area contributed by atoms with E-state index in [1.807, 2.05) is 16.2 Å². The number of carbonyl (C=O) groups is 8. The molecule has 3 aromatic rings. The van der Waals surface area contributed by atoms with Gasteiger partial charge in [-0.05, 0) is 30.7 Å². The molecule has 1 aromatic carbocycles. The van der Waals surface area contributed by atoms with Gasteiger partial charge in [-0.3, -0.25) is 44.4 Å². The van der Waals surface area contributed by atoms with Crippen LogP contribution < -0.4 is 36.7 Å². The zero-order valence-corrected chi connectivity index (χ0v) is 33.5. The standard InChI is InChI=1S/C30H28N10O12S4.ClH/c1-11-35-38-30(56-11)55-9-15-8-53-26-21(25(46)40(26)22(15)27(47)48)33-24(45)20(16-10-54-28(31)32-16)39-50-7-19(43)36-37-29(49)34-23(44)14-4-5-17(51-12(2)41)18(6-14)52-13(3)42;/h4-6,10,21,26H,7-9H2,1-3H3,(H2,31,32)(H,33,45)(H,36,43)(H,47,48)(H2,34,37,44,49);1H/b39-20+;. The smallest absolute Gasteiger partial charge is 0.352 e. The minimum atomic E-state index is -1.30. The number of benzene rings is 1. The van der Waals surface area contributed by atoms with Crippen LogP contribution in [0.4, 0.5) is 9.93 Å². The van der Waals surface area contributed by atoms with Crippen molar-refractivity contribution in [3.05, 3.63) is 51.1 Å². The second-order valence-electron chi connectivity index (χ2n) is 11.1. The second kappa shape index (κ2) is 19.4. The first-order valence-electron chi connectivity index (χ1n) is 15.6. The number of oxime groups is 1. The van der Waals surface area contributed by atoms with Crippen molar-refractivity contribution >= 4 is 117 Å². The quantitative estimate of drug-likeness (QED) is 0.0341. The van der Waals surface area contributed by atoms with E-state index < -0.39 is 71.3 Å². The number of amides is 6. The van der Waals surface area contributed by atoms with E-state index in [9.17, 15) is 43.5 Å². The zero-order chi connectivity index (χ0) is 40.7. The summed E-state index contributed by atoms with van der Waals surface area (Å²) in [5.74, 6) is -6.30. The number of thioether (sulfide) groups is 2. The molecule has 2 aromatic heterocycles. The summed E-state index contributed by atoms with van der Waals surface area (Å²) in [4.78, 5) is 109. The van der Waals surface area contributed by atoms with Gasteiger partial charge in [0, 0.05) is 36.3 Å². The number of nitrogens with two attached hydrogens (primary N) is 1. The summed E-state index contributed by atoms with van der Waals surface area (Å²) in [7, 11) is 0. The molecule has 302 valence electrons. The Morgan fingerprint density at radius 2 is 1.79 bits per heavy atom. The van der Waals surface area contributed by atoms with Crippen molar-refractivity contribution in [1.82, 2.24) is 41.6 Å². The molecule has 2 unspecified atom stereocenters. The van der Waals surface area contributed by atoms with E-state index in [4.69, 9.17) is 20.0 Å². The fourth-order valence-electron chi connectivity index (χ4n) is 4.74. The van der Waals surface area contributed by atoms with Gasteiger partial charge in [0.15, 0.2) is 33.3 Å². The highest BCUT2D eigenvalue weighted by molar-refractivity contribution is 8.01. The van der Waals surface area contributed by atoms with Gasteiger partial charge in [-0.2, -0.15) is 0 Å². The SMILES string of the molecule is CC(=O)Oc1ccc(C(=O)NC(=O)NNC(=O)CO/N=C(/C(=O)NC2C(=O)N3C(C(=O)O)=C(CSc4nnc(C)s4)CSC23)c2csc(N)n2)cc1OC(C)=O.Cl. The number of hydrogen-bond acceptors (Lipinski definition) is 20. The maximum Gasteiger partial charge on any atom is 0.352 e. The molecule has 22 nitrogen and oxygen atoms in total. The first-order chi connectivity index (χ1) is 26.6. The molecular weight excluding hydrogens is 856 g/mol. The van der Waals surface area contributed by atoms with E-state index in [1.54, 1.807) is 6.92 Å². The number of β-lactam (4-membered cyclic amide) rings is 1. The number of nitrogens with one attached hydrogen (secondary N) is 4. The van der Waals surface area contributed by atoms with E-state index in [-0.39, 0.29) is 57.5 Å². The third-order valence-electron chi connectivity index (χ3n) is 7.00. The van der Waals surface area contributed by atoms with Crippen LogP contribution in [0.15, 0.2) is 44.3 Å². The van der Waals surface area contributed by atoms with Crippen molar-refractivity contribution in [2.75, 3.05) is 23.8 Å². The molecule has 7 N–H and O–H groups in total. The van der Waals surface area contributed by atoms with Crippen molar-refractivity contribution < 1.29 is 57.8 Å². The summed E-state index contributed by atoms with van der Waals surface area (Å²) in [6.07, 6.45) is 0. The normalized spacial score (nSPS) is 15.9. The van der Waals surface area contributed by atoms with E-state index in [0.29, 0.717) is 9.91 Å². The molecule has 1 fully saturated rings. The van der Waals surface area contributed by atoms with E-state index in [2.05, 4.69) is 25.7 Å². The summed E-state index contributed by atoms with van der Waals surface area (Å²) < 4.78 is 10.5. The molecule has 2 atom stereocenters. The number of anilines is 1. The van der Waals surface area contributed by atoms with Crippen LogP contribution in [0, 0.1) is 6.92 Å². The highest BCUT2D eigenvalue weighted by Gasteiger charge is 2.54. The third-order valence-corrected chi connectivity index (χ3v) is 11.1. The fraction of sp³-hybridized carbons (Fsp3) is 0.267. The summed E-state index contributed by atoms with van der Waals surface area (Å²) >= 11 is 4.87. The number of carboxylic acid groups (broad SMARTS) is 1. The average molecular weight is 885 g/mol. The summed E-state index contributed by atoms with van der Waals surface area (Å²) in [5.41, 5.74) is 9.21. The molecule has 1 saturated heterocycles. The molecule has 0 spiro atoms. The van der Waals surface area contributed by atoms with E-state index in [0.717, 1.165) is 41.2 Å². The predicted molar refractivity (Wildman–Crippen MR) is 205 cm³/mol. The summed E-state index contributed by atoms with van der Waals surface area (Å²) in [6, 6.07) is 1.06. The number of urea groups is 1. The number of halogens is 1. The highest BCUT2D eigenvalue weighted by atomic mass is 35.5. The van der Waals surface area contributed by atoms with Crippen LogP contribution in [0.2, 0.25) is 0 Å². The van der Waals surface area contributed by atoms with Crippen LogP contribution >= 0.6 is 58.6 Å². The van der Waals surface area contributed by atoms with Crippen LogP contribution in [-0.4, -0.2) is 108 Å². The molecule has 57 heavy (non-hydrogen) atoms. The molecule has 0 saturated carbocycles.